The fourth-order valence-corrected chi connectivity index (χ4v) is 5.32. The molecule has 9 nitrogen and oxygen atoms in total. The molecule has 38 heavy (non-hydrogen) atoms. The number of pyridine rings is 2. The third-order valence-corrected chi connectivity index (χ3v) is 7.24. The number of rotatable bonds is 8. The summed E-state index contributed by atoms with van der Waals surface area (Å²) in [4.78, 5) is 36.2. The molecular weight excluding hydrogens is 500 g/mol. The topological polar surface area (TPSA) is 110 Å². The number of fused-ring (bicyclic) bond motifs is 2. The molecule has 0 saturated heterocycles. The highest BCUT2D eigenvalue weighted by atomic mass is 32.1. The molecule has 6 rings (SSSR count). The van der Waals surface area contributed by atoms with E-state index in [9.17, 15) is 9.59 Å². The summed E-state index contributed by atoms with van der Waals surface area (Å²) in [6.07, 6.45) is 3.94. The van der Waals surface area contributed by atoms with Crippen molar-refractivity contribution >= 4 is 39.2 Å². The van der Waals surface area contributed by atoms with Crippen LogP contribution in [0.1, 0.15) is 26.3 Å². The average Bonchev–Trinajstić information content (AvgIpc) is 3.52. The van der Waals surface area contributed by atoms with E-state index in [1.165, 1.54) is 16.2 Å². The first kappa shape index (κ1) is 23.7. The second kappa shape index (κ2) is 9.98. The summed E-state index contributed by atoms with van der Waals surface area (Å²) in [7, 11) is 1.58. The number of carbonyl (C=O) groups is 2. The molecule has 0 aliphatic carbocycles. The normalized spacial score (nSPS) is 13.6. The molecule has 0 bridgehead atoms. The SMILES string of the molecule is COc1cncc2ccc(-c3nnc(N[C@@H](Cc4ccccc4)CN4C(=O)c5ccccc5C4=O)s3)nc12. The zero-order chi connectivity index (χ0) is 26.1. The first-order valence-corrected chi connectivity index (χ1v) is 12.8. The smallest absolute Gasteiger partial charge is 0.261 e. The van der Waals surface area contributed by atoms with Crippen LogP contribution in [0.4, 0.5) is 5.13 Å². The van der Waals surface area contributed by atoms with Crippen molar-refractivity contribution in [1.29, 1.82) is 0 Å². The van der Waals surface area contributed by atoms with Gasteiger partial charge in [-0.3, -0.25) is 19.5 Å². The Morgan fingerprint density at radius 2 is 1.66 bits per heavy atom. The molecule has 0 fully saturated rings. The molecule has 0 unspecified atom stereocenters. The van der Waals surface area contributed by atoms with Gasteiger partial charge < -0.3 is 10.1 Å². The Morgan fingerprint density at radius 1 is 0.921 bits per heavy atom. The van der Waals surface area contributed by atoms with E-state index in [0.29, 0.717) is 44.6 Å². The molecule has 10 heteroatoms. The lowest BCUT2D eigenvalue weighted by molar-refractivity contribution is 0.0647. The third kappa shape index (κ3) is 4.46. The fourth-order valence-electron chi connectivity index (χ4n) is 4.53. The van der Waals surface area contributed by atoms with Gasteiger partial charge >= 0.3 is 0 Å². The number of methoxy groups -OCH3 is 1. The van der Waals surface area contributed by atoms with Gasteiger partial charge in [0.25, 0.3) is 11.8 Å². The van der Waals surface area contributed by atoms with E-state index in [2.05, 4.69) is 20.5 Å². The standard InChI is InChI=1S/C28H22N6O3S/c1-37-23-15-29-14-18-11-12-22(31-24(18)23)25-32-33-28(38-25)30-19(13-17-7-3-2-4-8-17)16-34-26(35)20-9-5-6-10-21(20)27(34)36/h2-12,14-15,19H,13,16H2,1H3,(H,30,33)/t19-/m0/s1. The van der Waals surface area contributed by atoms with Crippen molar-refractivity contribution in [3.63, 3.8) is 0 Å². The Bertz CT molecular complexity index is 1620. The van der Waals surface area contributed by atoms with E-state index in [-0.39, 0.29) is 24.4 Å². The molecule has 0 spiro atoms. The fraction of sp³-hybridized carbons (Fsp3) is 0.143. The maximum absolute atomic E-state index is 13.0. The van der Waals surface area contributed by atoms with Crippen LogP contribution >= 0.6 is 11.3 Å². The minimum absolute atomic E-state index is 0.189. The third-order valence-electron chi connectivity index (χ3n) is 6.36. The van der Waals surface area contributed by atoms with Gasteiger partial charge in [0.2, 0.25) is 5.13 Å². The minimum Gasteiger partial charge on any atom is -0.493 e. The molecule has 1 N–H and O–H groups in total. The van der Waals surface area contributed by atoms with Gasteiger partial charge in [0.05, 0.1) is 30.5 Å². The van der Waals surface area contributed by atoms with Crippen molar-refractivity contribution in [2.24, 2.45) is 0 Å². The molecule has 188 valence electrons. The molecule has 0 saturated carbocycles. The molecule has 1 atom stereocenters. The Morgan fingerprint density at radius 3 is 2.39 bits per heavy atom. The lowest BCUT2D eigenvalue weighted by Gasteiger charge is -2.23. The summed E-state index contributed by atoms with van der Waals surface area (Å²) in [5.74, 6) is 0.00973. The summed E-state index contributed by atoms with van der Waals surface area (Å²) in [6.45, 7) is 0.189. The minimum atomic E-state index is -0.285. The number of amides is 2. The first-order valence-electron chi connectivity index (χ1n) is 12.0. The Balaban J connectivity index is 1.27. The molecule has 1 aliphatic heterocycles. The zero-order valence-corrected chi connectivity index (χ0v) is 21.2. The molecule has 3 aromatic heterocycles. The summed E-state index contributed by atoms with van der Waals surface area (Å²) >= 11 is 1.35. The monoisotopic (exact) mass is 522 g/mol. The second-order valence-electron chi connectivity index (χ2n) is 8.82. The summed E-state index contributed by atoms with van der Waals surface area (Å²) in [6, 6.07) is 20.3. The van der Waals surface area contributed by atoms with Gasteiger partial charge in [0.15, 0.2) is 10.8 Å². The maximum atomic E-state index is 13.0. The largest absolute Gasteiger partial charge is 0.493 e. The number of hydrogen-bond acceptors (Lipinski definition) is 9. The molecule has 2 amide bonds. The van der Waals surface area contributed by atoms with Crippen LogP contribution in [0, 0.1) is 0 Å². The Kier molecular flexibility index (Phi) is 6.22. The highest BCUT2D eigenvalue weighted by molar-refractivity contribution is 7.18. The number of anilines is 1. The molecule has 1 aliphatic rings. The summed E-state index contributed by atoms with van der Waals surface area (Å²) in [5.41, 5.74) is 3.29. The highest BCUT2D eigenvalue weighted by Gasteiger charge is 2.36. The number of carbonyl (C=O) groups excluding carboxylic acids is 2. The first-order chi connectivity index (χ1) is 18.6. The van der Waals surface area contributed by atoms with Crippen LogP contribution in [0.2, 0.25) is 0 Å². The van der Waals surface area contributed by atoms with Crippen LogP contribution in [0.25, 0.3) is 21.6 Å². The van der Waals surface area contributed by atoms with Gasteiger partial charge in [-0.25, -0.2) is 4.98 Å². The van der Waals surface area contributed by atoms with Crippen LogP contribution in [0.15, 0.2) is 79.1 Å². The van der Waals surface area contributed by atoms with Gasteiger partial charge in [-0.15, -0.1) is 10.2 Å². The van der Waals surface area contributed by atoms with Gasteiger partial charge in [-0.05, 0) is 36.2 Å². The number of imide groups is 1. The lowest BCUT2D eigenvalue weighted by Crippen LogP contribution is -2.41. The average molecular weight is 523 g/mol. The lowest BCUT2D eigenvalue weighted by atomic mass is 10.1. The number of nitrogens with one attached hydrogen (secondary N) is 1. The summed E-state index contributed by atoms with van der Waals surface area (Å²) in [5, 5.41) is 14.1. The van der Waals surface area contributed by atoms with E-state index in [4.69, 9.17) is 9.72 Å². The molecule has 4 heterocycles. The predicted octanol–water partition coefficient (Wildman–Crippen LogP) is 4.48. The maximum Gasteiger partial charge on any atom is 0.261 e. The molecule has 2 aromatic carbocycles. The van der Waals surface area contributed by atoms with E-state index in [1.54, 1.807) is 43.8 Å². The molecular formula is C28H22N6O3S. The van der Waals surface area contributed by atoms with Crippen molar-refractivity contribution in [3.05, 3.63) is 95.8 Å². The van der Waals surface area contributed by atoms with Crippen molar-refractivity contribution < 1.29 is 14.3 Å². The van der Waals surface area contributed by atoms with Crippen LogP contribution in [-0.4, -0.2) is 56.6 Å². The number of benzene rings is 2. The van der Waals surface area contributed by atoms with Gasteiger partial charge in [-0.1, -0.05) is 53.8 Å². The number of hydrogen-bond donors (Lipinski definition) is 1. The van der Waals surface area contributed by atoms with Crippen molar-refractivity contribution in [3.8, 4) is 16.5 Å². The quantitative estimate of drug-likeness (QED) is 0.297. The predicted molar refractivity (Wildman–Crippen MR) is 144 cm³/mol. The molecule has 5 aromatic rings. The van der Waals surface area contributed by atoms with E-state index in [0.717, 1.165) is 10.9 Å². The van der Waals surface area contributed by atoms with Crippen molar-refractivity contribution in [2.45, 2.75) is 12.5 Å². The number of aromatic nitrogens is 4. The van der Waals surface area contributed by atoms with Crippen LogP contribution in [0.5, 0.6) is 5.75 Å². The number of nitrogens with zero attached hydrogens (tertiary/aromatic N) is 5. The van der Waals surface area contributed by atoms with Gasteiger partial charge in [0, 0.05) is 18.1 Å². The van der Waals surface area contributed by atoms with Crippen LogP contribution < -0.4 is 10.1 Å². The van der Waals surface area contributed by atoms with Crippen molar-refractivity contribution in [1.82, 2.24) is 25.1 Å². The molecule has 0 radical (unpaired) electrons. The van der Waals surface area contributed by atoms with E-state index in [1.807, 2.05) is 42.5 Å². The Hall–Kier alpha value is -4.70. The zero-order valence-electron chi connectivity index (χ0n) is 20.4. The van der Waals surface area contributed by atoms with E-state index < -0.39 is 0 Å². The number of ether oxygens (including phenoxy) is 1. The van der Waals surface area contributed by atoms with Crippen LogP contribution in [-0.2, 0) is 6.42 Å². The second-order valence-corrected chi connectivity index (χ2v) is 9.80. The van der Waals surface area contributed by atoms with Crippen molar-refractivity contribution in [2.75, 3.05) is 19.0 Å². The Labute approximate surface area is 222 Å². The van der Waals surface area contributed by atoms with Crippen LogP contribution in [0.3, 0.4) is 0 Å². The van der Waals surface area contributed by atoms with Gasteiger partial charge in [0.1, 0.15) is 11.2 Å². The van der Waals surface area contributed by atoms with E-state index >= 15 is 0 Å². The highest BCUT2D eigenvalue weighted by Crippen LogP contribution is 2.30. The summed E-state index contributed by atoms with van der Waals surface area (Å²) < 4.78 is 5.41. The van der Waals surface area contributed by atoms with Gasteiger partial charge in [-0.2, -0.15) is 0 Å².